The summed E-state index contributed by atoms with van der Waals surface area (Å²) in [7, 11) is 0. The molecule has 0 radical (unpaired) electrons. The second-order valence-electron chi connectivity index (χ2n) is 6.17. The molecule has 3 aromatic rings. The van der Waals surface area contributed by atoms with Crippen LogP contribution in [-0.2, 0) is 11.3 Å². The number of aryl methyl sites for hydroxylation is 1. The molecule has 2 aromatic heterocycles. The maximum Gasteiger partial charge on any atom is 0.224 e. The van der Waals surface area contributed by atoms with Crippen LogP contribution < -0.4 is 0 Å². The van der Waals surface area contributed by atoms with Gasteiger partial charge in [-0.3, -0.25) is 4.79 Å². The molecule has 0 saturated carbocycles. The SMILES string of the molecule is O=C(CCn1ccnc1)N1CCCC[C@H]1c1nc2ccccc2s1. The number of hydrogen-bond donors (Lipinski definition) is 0. The van der Waals surface area contributed by atoms with E-state index in [4.69, 9.17) is 4.98 Å². The number of likely N-dealkylation sites (tertiary alicyclic amines) is 1. The highest BCUT2D eigenvalue weighted by Crippen LogP contribution is 2.35. The van der Waals surface area contributed by atoms with E-state index in [2.05, 4.69) is 11.1 Å². The zero-order chi connectivity index (χ0) is 16.4. The zero-order valence-electron chi connectivity index (χ0n) is 13.5. The number of para-hydroxylation sites is 1. The molecule has 6 heteroatoms. The molecule has 1 amide bonds. The van der Waals surface area contributed by atoms with Crippen LogP contribution in [-0.4, -0.2) is 31.9 Å². The maximum absolute atomic E-state index is 12.8. The lowest BCUT2D eigenvalue weighted by molar-refractivity contribution is -0.135. The highest BCUT2D eigenvalue weighted by molar-refractivity contribution is 7.18. The van der Waals surface area contributed by atoms with Crippen LogP contribution in [0.2, 0.25) is 0 Å². The van der Waals surface area contributed by atoms with Crippen LogP contribution in [0.25, 0.3) is 10.2 Å². The molecule has 0 aliphatic carbocycles. The minimum atomic E-state index is 0.131. The lowest BCUT2D eigenvalue weighted by atomic mass is 10.0. The Bertz CT molecular complexity index is 794. The Morgan fingerprint density at radius 2 is 2.21 bits per heavy atom. The largest absolute Gasteiger partial charge is 0.337 e. The minimum absolute atomic E-state index is 0.131. The Labute approximate surface area is 145 Å². The van der Waals surface area contributed by atoms with E-state index < -0.39 is 0 Å². The first-order chi connectivity index (χ1) is 11.8. The Kier molecular flexibility index (Phi) is 4.30. The molecule has 5 nitrogen and oxygen atoms in total. The summed E-state index contributed by atoms with van der Waals surface area (Å²) in [6.45, 7) is 1.52. The number of amides is 1. The first kappa shape index (κ1) is 15.3. The summed E-state index contributed by atoms with van der Waals surface area (Å²) >= 11 is 1.72. The molecule has 1 aromatic carbocycles. The molecular formula is C18H20N4OS. The lowest BCUT2D eigenvalue weighted by Crippen LogP contribution is -2.38. The number of carbonyl (C=O) groups excluding carboxylic acids is 1. The second-order valence-corrected chi connectivity index (χ2v) is 7.23. The van der Waals surface area contributed by atoms with E-state index in [1.165, 1.54) is 4.70 Å². The van der Waals surface area contributed by atoms with Crippen molar-refractivity contribution in [1.29, 1.82) is 0 Å². The maximum atomic E-state index is 12.8. The van der Waals surface area contributed by atoms with E-state index in [1.807, 2.05) is 33.9 Å². The monoisotopic (exact) mass is 340 g/mol. The molecule has 1 aliphatic heterocycles. The van der Waals surface area contributed by atoms with E-state index in [-0.39, 0.29) is 11.9 Å². The van der Waals surface area contributed by atoms with Crippen LogP contribution in [0.5, 0.6) is 0 Å². The smallest absolute Gasteiger partial charge is 0.224 e. The van der Waals surface area contributed by atoms with Crippen LogP contribution in [0.3, 0.4) is 0 Å². The van der Waals surface area contributed by atoms with Crippen molar-refractivity contribution in [2.75, 3.05) is 6.54 Å². The molecule has 0 bridgehead atoms. The van der Waals surface area contributed by atoms with Crippen LogP contribution in [0.15, 0.2) is 43.0 Å². The number of thiazole rings is 1. The summed E-state index contributed by atoms with van der Waals surface area (Å²) in [5.41, 5.74) is 1.04. The Morgan fingerprint density at radius 1 is 1.29 bits per heavy atom. The summed E-state index contributed by atoms with van der Waals surface area (Å²) in [5, 5.41) is 1.08. The predicted octanol–water partition coefficient (Wildman–Crippen LogP) is 3.64. The molecule has 1 aliphatic rings. The Hall–Kier alpha value is -2.21. The number of hydrogen-bond acceptors (Lipinski definition) is 4. The first-order valence-electron chi connectivity index (χ1n) is 8.42. The second kappa shape index (κ2) is 6.73. The fourth-order valence-corrected chi connectivity index (χ4v) is 4.42. The van der Waals surface area contributed by atoms with E-state index in [0.717, 1.165) is 36.3 Å². The normalized spacial score (nSPS) is 18.2. The van der Waals surface area contributed by atoms with Gasteiger partial charge in [-0.05, 0) is 31.4 Å². The number of fused-ring (bicyclic) bond motifs is 1. The van der Waals surface area contributed by atoms with Crippen molar-refractivity contribution >= 4 is 27.5 Å². The van der Waals surface area contributed by atoms with Crippen molar-refractivity contribution in [3.8, 4) is 0 Å². The van der Waals surface area contributed by atoms with Gasteiger partial charge in [0.25, 0.3) is 0 Å². The van der Waals surface area contributed by atoms with Crippen molar-refractivity contribution in [2.45, 2.75) is 38.3 Å². The summed E-state index contributed by atoms with van der Waals surface area (Å²) in [4.78, 5) is 23.6. The van der Waals surface area contributed by atoms with E-state index in [0.29, 0.717) is 13.0 Å². The highest BCUT2D eigenvalue weighted by Gasteiger charge is 2.29. The predicted molar refractivity (Wildman–Crippen MR) is 94.8 cm³/mol. The van der Waals surface area contributed by atoms with Gasteiger partial charge in [-0.2, -0.15) is 0 Å². The summed E-state index contributed by atoms with van der Waals surface area (Å²) in [5.74, 6) is 0.215. The third-order valence-electron chi connectivity index (χ3n) is 4.56. The van der Waals surface area contributed by atoms with Gasteiger partial charge >= 0.3 is 0 Å². The fraction of sp³-hybridized carbons (Fsp3) is 0.389. The molecule has 0 N–H and O–H groups in total. The Balaban J connectivity index is 1.52. The number of aromatic nitrogens is 3. The average molecular weight is 340 g/mol. The Morgan fingerprint density at radius 3 is 3.04 bits per heavy atom. The quantitative estimate of drug-likeness (QED) is 0.728. The fourth-order valence-electron chi connectivity index (χ4n) is 3.31. The number of imidazole rings is 1. The molecule has 0 unspecified atom stereocenters. The van der Waals surface area contributed by atoms with E-state index in [1.54, 1.807) is 23.9 Å². The van der Waals surface area contributed by atoms with E-state index in [9.17, 15) is 4.79 Å². The summed E-state index contributed by atoms with van der Waals surface area (Å²) < 4.78 is 3.15. The molecule has 3 heterocycles. The van der Waals surface area contributed by atoms with Gasteiger partial charge in [-0.25, -0.2) is 9.97 Å². The van der Waals surface area contributed by atoms with Crippen molar-refractivity contribution in [2.24, 2.45) is 0 Å². The molecule has 1 fully saturated rings. The average Bonchev–Trinajstić information content (AvgIpc) is 3.29. The number of piperidine rings is 1. The number of benzene rings is 1. The molecule has 24 heavy (non-hydrogen) atoms. The van der Waals surface area contributed by atoms with Crippen molar-refractivity contribution in [1.82, 2.24) is 19.4 Å². The third kappa shape index (κ3) is 3.06. The molecular weight excluding hydrogens is 320 g/mol. The van der Waals surface area contributed by atoms with Crippen LogP contribution in [0.4, 0.5) is 0 Å². The first-order valence-corrected chi connectivity index (χ1v) is 9.23. The minimum Gasteiger partial charge on any atom is -0.337 e. The molecule has 0 spiro atoms. The standard InChI is InChI=1S/C18H20N4OS/c23-17(8-11-21-12-9-19-13-21)22-10-4-3-6-15(22)18-20-14-5-1-2-7-16(14)24-18/h1-2,5,7,9,12-13,15H,3-4,6,8,10-11H2/t15-/m0/s1. The van der Waals surface area contributed by atoms with Gasteiger partial charge in [0.15, 0.2) is 0 Å². The van der Waals surface area contributed by atoms with Crippen molar-refractivity contribution < 1.29 is 4.79 Å². The van der Waals surface area contributed by atoms with Crippen LogP contribution in [0, 0.1) is 0 Å². The highest BCUT2D eigenvalue weighted by atomic mass is 32.1. The summed E-state index contributed by atoms with van der Waals surface area (Å²) in [6.07, 6.45) is 9.16. The summed E-state index contributed by atoms with van der Waals surface area (Å²) in [6, 6.07) is 8.33. The van der Waals surface area contributed by atoms with Gasteiger partial charge in [0.2, 0.25) is 5.91 Å². The molecule has 4 rings (SSSR count). The zero-order valence-corrected chi connectivity index (χ0v) is 14.3. The topological polar surface area (TPSA) is 51.0 Å². The third-order valence-corrected chi connectivity index (χ3v) is 5.70. The van der Waals surface area contributed by atoms with Crippen LogP contribution in [0.1, 0.15) is 36.7 Å². The van der Waals surface area contributed by atoms with Gasteiger partial charge in [0.05, 0.1) is 22.6 Å². The van der Waals surface area contributed by atoms with Gasteiger partial charge in [-0.1, -0.05) is 12.1 Å². The van der Waals surface area contributed by atoms with Gasteiger partial charge in [0.1, 0.15) is 5.01 Å². The number of carbonyl (C=O) groups is 1. The van der Waals surface area contributed by atoms with Gasteiger partial charge in [0, 0.05) is 31.9 Å². The molecule has 124 valence electrons. The van der Waals surface area contributed by atoms with E-state index >= 15 is 0 Å². The van der Waals surface area contributed by atoms with Crippen LogP contribution >= 0.6 is 11.3 Å². The van der Waals surface area contributed by atoms with Gasteiger partial charge < -0.3 is 9.47 Å². The lowest BCUT2D eigenvalue weighted by Gasteiger charge is -2.34. The molecule has 1 saturated heterocycles. The van der Waals surface area contributed by atoms with Crippen molar-refractivity contribution in [3.05, 3.63) is 48.0 Å². The number of rotatable bonds is 4. The van der Waals surface area contributed by atoms with Crippen molar-refractivity contribution in [3.63, 3.8) is 0 Å². The number of nitrogens with zero attached hydrogens (tertiary/aromatic N) is 4. The van der Waals surface area contributed by atoms with Gasteiger partial charge in [-0.15, -0.1) is 11.3 Å². The molecule has 1 atom stereocenters.